The van der Waals surface area contributed by atoms with Gasteiger partial charge in [-0.25, -0.2) is 4.98 Å². The van der Waals surface area contributed by atoms with Crippen LogP contribution in [0.2, 0.25) is 0 Å². The first-order valence-electron chi connectivity index (χ1n) is 7.03. The van der Waals surface area contributed by atoms with Crippen molar-refractivity contribution < 1.29 is 4.79 Å². The third-order valence-electron chi connectivity index (χ3n) is 3.11. The number of thiazole rings is 1. The summed E-state index contributed by atoms with van der Waals surface area (Å²) in [6.45, 7) is 6.59. The van der Waals surface area contributed by atoms with E-state index in [4.69, 9.17) is 5.73 Å². The van der Waals surface area contributed by atoms with Gasteiger partial charge < -0.3 is 11.1 Å². The molecule has 2 aromatic heterocycles. The van der Waals surface area contributed by atoms with Crippen LogP contribution in [0.4, 0.5) is 0 Å². The molecule has 0 aliphatic heterocycles. The molecule has 0 fully saturated rings. The first kappa shape index (κ1) is 22.3. The van der Waals surface area contributed by atoms with Crippen molar-refractivity contribution in [3.63, 3.8) is 0 Å². The fraction of sp³-hybridized carbons (Fsp3) is 0.467. The number of hydrogen-bond donors (Lipinski definition) is 2. The molecule has 1 unspecified atom stereocenters. The number of nitrogens with two attached hydrogens (primary N) is 1. The summed E-state index contributed by atoms with van der Waals surface area (Å²) in [5, 5.41) is 5.94. The van der Waals surface area contributed by atoms with E-state index in [9.17, 15) is 4.79 Å². The molecule has 2 heterocycles. The highest BCUT2D eigenvalue weighted by Crippen LogP contribution is 2.31. The predicted molar refractivity (Wildman–Crippen MR) is 104 cm³/mol. The van der Waals surface area contributed by atoms with E-state index in [0.717, 1.165) is 22.0 Å². The Labute approximate surface area is 157 Å². The zero-order valence-corrected chi connectivity index (χ0v) is 16.6. The van der Waals surface area contributed by atoms with Gasteiger partial charge in [-0.05, 0) is 30.7 Å². The standard InChI is InChI=1S/C15H21N3OS2.2ClH/c1-9(2)7-11(8-16)18-14(19)13-10(3)17-15(21-13)12-5-4-6-20-12;;/h4-6,9,11H,7-8,16H2,1-3H3,(H,18,19);2*1H. The molecule has 3 N–H and O–H groups in total. The van der Waals surface area contributed by atoms with Crippen molar-refractivity contribution in [3.8, 4) is 9.88 Å². The minimum atomic E-state index is -0.0658. The normalized spacial score (nSPS) is 11.5. The van der Waals surface area contributed by atoms with Crippen LogP contribution in [0.1, 0.15) is 35.6 Å². The number of aryl methyl sites for hydroxylation is 1. The molecule has 8 heteroatoms. The largest absolute Gasteiger partial charge is 0.347 e. The van der Waals surface area contributed by atoms with Gasteiger partial charge in [-0.1, -0.05) is 19.9 Å². The summed E-state index contributed by atoms with van der Waals surface area (Å²) >= 11 is 3.08. The summed E-state index contributed by atoms with van der Waals surface area (Å²) in [6, 6.07) is 4.03. The van der Waals surface area contributed by atoms with Crippen LogP contribution in [0.3, 0.4) is 0 Å². The molecule has 130 valence electrons. The lowest BCUT2D eigenvalue weighted by Crippen LogP contribution is -2.41. The summed E-state index contributed by atoms with van der Waals surface area (Å²) in [6.07, 6.45) is 0.887. The number of rotatable bonds is 6. The van der Waals surface area contributed by atoms with Gasteiger partial charge >= 0.3 is 0 Å². The SMILES string of the molecule is Cc1nc(-c2cccs2)sc1C(=O)NC(CN)CC(C)C.Cl.Cl. The molecule has 0 aromatic carbocycles. The van der Waals surface area contributed by atoms with E-state index in [-0.39, 0.29) is 36.8 Å². The Kier molecular flexibility index (Phi) is 9.96. The minimum Gasteiger partial charge on any atom is -0.347 e. The van der Waals surface area contributed by atoms with Crippen LogP contribution in [0, 0.1) is 12.8 Å². The van der Waals surface area contributed by atoms with Crippen LogP contribution < -0.4 is 11.1 Å². The van der Waals surface area contributed by atoms with Crippen LogP contribution in [-0.2, 0) is 0 Å². The van der Waals surface area contributed by atoms with Crippen LogP contribution in [0.15, 0.2) is 17.5 Å². The molecular weight excluding hydrogens is 373 g/mol. The van der Waals surface area contributed by atoms with E-state index in [2.05, 4.69) is 24.1 Å². The van der Waals surface area contributed by atoms with Crippen molar-refractivity contribution in [1.29, 1.82) is 0 Å². The average molecular weight is 396 g/mol. The Morgan fingerprint density at radius 3 is 2.61 bits per heavy atom. The Hall–Kier alpha value is -0.660. The van der Waals surface area contributed by atoms with Gasteiger partial charge in [0, 0.05) is 12.6 Å². The maximum Gasteiger partial charge on any atom is 0.263 e. The van der Waals surface area contributed by atoms with Crippen molar-refractivity contribution >= 4 is 53.4 Å². The van der Waals surface area contributed by atoms with Gasteiger partial charge in [0.25, 0.3) is 5.91 Å². The lowest BCUT2D eigenvalue weighted by atomic mass is 10.0. The summed E-state index contributed by atoms with van der Waals surface area (Å²) in [5.41, 5.74) is 6.52. The van der Waals surface area contributed by atoms with Gasteiger partial charge in [0.2, 0.25) is 0 Å². The predicted octanol–water partition coefficient (Wildman–Crippen LogP) is 4.13. The van der Waals surface area contributed by atoms with E-state index < -0.39 is 0 Å². The molecule has 23 heavy (non-hydrogen) atoms. The molecular formula is C15H23Cl2N3OS2. The molecule has 0 aliphatic rings. The summed E-state index contributed by atoms with van der Waals surface area (Å²) in [7, 11) is 0. The second-order valence-electron chi connectivity index (χ2n) is 5.45. The fourth-order valence-electron chi connectivity index (χ4n) is 2.15. The number of carbonyl (C=O) groups is 1. The molecule has 2 aromatic rings. The summed E-state index contributed by atoms with van der Waals surface area (Å²) < 4.78 is 0. The molecule has 4 nitrogen and oxygen atoms in total. The number of halogens is 2. The third kappa shape index (κ3) is 6.04. The number of nitrogens with zero attached hydrogens (tertiary/aromatic N) is 1. The number of aromatic nitrogens is 1. The summed E-state index contributed by atoms with van der Waals surface area (Å²) in [4.78, 5) is 18.7. The van der Waals surface area contributed by atoms with Gasteiger partial charge in [-0.2, -0.15) is 0 Å². The zero-order valence-electron chi connectivity index (χ0n) is 13.4. The molecule has 0 spiro atoms. The zero-order chi connectivity index (χ0) is 15.4. The van der Waals surface area contributed by atoms with E-state index in [1.54, 1.807) is 11.3 Å². The second kappa shape index (κ2) is 10.3. The van der Waals surface area contributed by atoms with Crippen LogP contribution in [-0.4, -0.2) is 23.5 Å². The molecule has 1 amide bonds. The molecule has 0 saturated heterocycles. The Morgan fingerprint density at radius 2 is 2.09 bits per heavy atom. The van der Waals surface area contributed by atoms with Crippen molar-refractivity contribution in [1.82, 2.24) is 10.3 Å². The Morgan fingerprint density at radius 1 is 1.39 bits per heavy atom. The van der Waals surface area contributed by atoms with Crippen molar-refractivity contribution in [2.45, 2.75) is 33.2 Å². The number of carbonyl (C=O) groups excluding carboxylic acids is 1. The highest BCUT2D eigenvalue weighted by atomic mass is 35.5. The first-order chi connectivity index (χ1) is 10.0. The maximum absolute atomic E-state index is 12.4. The van der Waals surface area contributed by atoms with E-state index in [1.807, 2.05) is 24.4 Å². The highest BCUT2D eigenvalue weighted by molar-refractivity contribution is 7.22. The topological polar surface area (TPSA) is 68.0 Å². The van der Waals surface area contributed by atoms with Crippen molar-refractivity contribution in [2.24, 2.45) is 11.7 Å². The van der Waals surface area contributed by atoms with Crippen LogP contribution in [0.25, 0.3) is 9.88 Å². The molecule has 0 aliphatic carbocycles. The third-order valence-corrected chi connectivity index (χ3v) is 5.31. The van der Waals surface area contributed by atoms with Crippen molar-refractivity contribution in [2.75, 3.05) is 6.54 Å². The van der Waals surface area contributed by atoms with E-state index in [1.165, 1.54) is 11.3 Å². The van der Waals surface area contributed by atoms with E-state index in [0.29, 0.717) is 17.3 Å². The van der Waals surface area contributed by atoms with Crippen LogP contribution >= 0.6 is 47.5 Å². The molecule has 2 rings (SSSR count). The molecule has 0 bridgehead atoms. The second-order valence-corrected chi connectivity index (χ2v) is 7.39. The van der Waals surface area contributed by atoms with E-state index >= 15 is 0 Å². The average Bonchev–Trinajstić information content (AvgIpc) is 3.05. The fourth-order valence-corrected chi connectivity index (χ4v) is 3.91. The molecule has 1 atom stereocenters. The smallest absolute Gasteiger partial charge is 0.263 e. The van der Waals surface area contributed by atoms with Crippen LogP contribution in [0.5, 0.6) is 0 Å². The molecule has 0 saturated carbocycles. The maximum atomic E-state index is 12.4. The monoisotopic (exact) mass is 395 g/mol. The number of amides is 1. The lowest BCUT2D eigenvalue weighted by Gasteiger charge is -2.18. The van der Waals surface area contributed by atoms with Gasteiger partial charge in [-0.3, -0.25) is 4.79 Å². The van der Waals surface area contributed by atoms with Gasteiger partial charge in [-0.15, -0.1) is 47.5 Å². The molecule has 0 radical (unpaired) electrons. The van der Waals surface area contributed by atoms with Gasteiger partial charge in [0.1, 0.15) is 9.88 Å². The number of thiophene rings is 1. The first-order valence-corrected chi connectivity index (χ1v) is 8.73. The Bertz CT molecular complexity index is 600. The minimum absolute atomic E-state index is 0. The number of hydrogen-bond acceptors (Lipinski definition) is 5. The summed E-state index contributed by atoms with van der Waals surface area (Å²) in [5.74, 6) is 0.437. The van der Waals surface area contributed by atoms with Crippen molar-refractivity contribution in [3.05, 3.63) is 28.1 Å². The van der Waals surface area contributed by atoms with Gasteiger partial charge in [0.15, 0.2) is 0 Å². The lowest BCUT2D eigenvalue weighted by molar-refractivity contribution is 0.0937. The Balaban J connectivity index is 0.00000242. The quantitative estimate of drug-likeness (QED) is 0.772. The highest BCUT2D eigenvalue weighted by Gasteiger charge is 2.19. The number of nitrogens with one attached hydrogen (secondary N) is 1. The van der Waals surface area contributed by atoms with Gasteiger partial charge in [0.05, 0.1) is 10.6 Å².